The van der Waals surface area contributed by atoms with Crippen molar-refractivity contribution in [3.05, 3.63) is 24.3 Å². The van der Waals surface area contributed by atoms with Crippen molar-refractivity contribution in [1.82, 2.24) is 0 Å². The summed E-state index contributed by atoms with van der Waals surface area (Å²) in [6.45, 7) is 0.977. The van der Waals surface area contributed by atoms with E-state index in [9.17, 15) is 4.79 Å². The number of cyclic esters (lactones) is 1. The maximum absolute atomic E-state index is 11.4. The standard InChI is InChI=1S/C11H13ClN2O4.ClH/c1-16-14(18-8-12)10-4-2-9(3-5-10)13-6-7-17-11(13)15;/h2-5H,6-8H2,1H3;1H. The molecule has 0 aromatic heterocycles. The van der Waals surface area contributed by atoms with E-state index in [1.54, 1.807) is 29.2 Å². The van der Waals surface area contributed by atoms with Crippen molar-refractivity contribution < 1.29 is 19.2 Å². The van der Waals surface area contributed by atoms with Crippen LogP contribution in [-0.2, 0) is 14.4 Å². The van der Waals surface area contributed by atoms with Crippen LogP contribution >= 0.6 is 24.0 Å². The average molecular weight is 309 g/mol. The number of hydrogen-bond donors (Lipinski definition) is 0. The third kappa shape index (κ3) is 3.63. The quantitative estimate of drug-likeness (QED) is 0.618. The second-order valence-electron chi connectivity index (χ2n) is 3.46. The Labute approximate surface area is 122 Å². The highest BCUT2D eigenvalue weighted by Gasteiger charge is 2.23. The Hall–Kier alpha value is -1.21. The lowest BCUT2D eigenvalue weighted by atomic mass is 10.2. The summed E-state index contributed by atoms with van der Waals surface area (Å²) in [5, 5.41) is 1.19. The lowest BCUT2D eigenvalue weighted by Gasteiger charge is -2.20. The Balaban J connectivity index is 0.00000180. The van der Waals surface area contributed by atoms with Crippen molar-refractivity contribution in [2.75, 3.05) is 36.5 Å². The number of benzene rings is 1. The van der Waals surface area contributed by atoms with Crippen molar-refractivity contribution in [3.63, 3.8) is 0 Å². The summed E-state index contributed by atoms with van der Waals surface area (Å²) in [5.74, 6) is 0. The molecule has 0 saturated carbocycles. The summed E-state index contributed by atoms with van der Waals surface area (Å²) < 4.78 is 4.87. The van der Waals surface area contributed by atoms with Crippen LogP contribution in [0.25, 0.3) is 0 Å². The molecule has 1 aromatic rings. The highest BCUT2D eigenvalue weighted by Crippen LogP contribution is 2.23. The van der Waals surface area contributed by atoms with Gasteiger partial charge in [0.1, 0.15) is 6.61 Å². The van der Waals surface area contributed by atoms with Crippen molar-refractivity contribution in [2.24, 2.45) is 0 Å². The molecule has 0 spiro atoms. The zero-order valence-electron chi connectivity index (χ0n) is 10.2. The molecule has 1 amide bonds. The molecule has 0 bridgehead atoms. The number of halogens is 2. The van der Waals surface area contributed by atoms with Gasteiger partial charge in [-0.25, -0.2) is 9.63 Å². The lowest BCUT2D eigenvalue weighted by Crippen LogP contribution is -2.24. The Morgan fingerprint density at radius 1 is 1.42 bits per heavy atom. The van der Waals surface area contributed by atoms with E-state index in [1.807, 2.05) is 0 Å². The molecule has 0 aliphatic carbocycles. The molecule has 0 radical (unpaired) electrons. The van der Waals surface area contributed by atoms with Crippen LogP contribution < -0.4 is 10.1 Å². The maximum Gasteiger partial charge on any atom is 0.414 e. The van der Waals surface area contributed by atoms with Crippen LogP contribution in [0.15, 0.2) is 24.3 Å². The second-order valence-corrected chi connectivity index (χ2v) is 3.68. The van der Waals surface area contributed by atoms with Gasteiger partial charge in [0.15, 0.2) is 6.07 Å². The predicted octanol–water partition coefficient (Wildman–Crippen LogP) is 2.56. The number of amides is 1. The van der Waals surface area contributed by atoms with E-state index in [4.69, 9.17) is 26.0 Å². The van der Waals surface area contributed by atoms with Gasteiger partial charge in [-0.3, -0.25) is 9.74 Å². The fourth-order valence-corrected chi connectivity index (χ4v) is 1.75. The van der Waals surface area contributed by atoms with Gasteiger partial charge < -0.3 is 4.74 Å². The van der Waals surface area contributed by atoms with Crippen LogP contribution in [0.4, 0.5) is 16.2 Å². The Bertz CT molecular complexity index is 416. The molecule has 1 fully saturated rings. The van der Waals surface area contributed by atoms with Crippen LogP contribution in [0, 0.1) is 0 Å². The van der Waals surface area contributed by atoms with E-state index >= 15 is 0 Å². The van der Waals surface area contributed by atoms with E-state index in [0.29, 0.717) is 18.8 Å². The Morgan fingerprint density at radius 2 is 2.11 bits per heavy atom. The number of alkyl halides is 1. The first kappa shape index (κ1) is 15.8. The van der Waals surface area contributed by atoms with Crippen LogP contribution in [-0.4, -0.2) is 32.4 Å². The zero-order chi connectivity index (χ0) is 13.0. The normalized spacial score (nSPS) is 14.0. The minimum Gasteiger partial charge on any atom is -0.447 e. The van der Waals surface area contributed by atoms with Crippen LogP contribution in [0.5, 0.6) is 0 Å². The molecule has 0 N–H and O–H groups in total. The van der Waals surface area contributed by atoms with E-state index in [0.717, 1.165) is 5.69 Å². The number of nitrogens with zero attached hydrogens (tertiary/aromatic N) is 2. The summed E-state index contributed by atoms with van der Waals surface area (Å²) in [6, 6.07) is 7.07. The molecule has 8 heteroatoms. The van der Waals surface area contributed by atoms with Gasteiger partial charge >= 0.3 is 6.09 Å². The molecular weight excluding hydrogens is 295 g/mol. The molecule has 1 heterocycles. The van der Waals surface area contributed by atoms with Gasteiger partial charge in [-0.05, 0) is 24.3 Å². The van der Waals surface area contributed by atoms with Crippen molar-refractivity contribution in [2.45, 2.75) is 0 Å². The molecule has 1 aliphatic heterocycles. The monoisotopic (exact) mass is 308 g/mol. The first-order chi connectivity index (χ1) is 8.76. The molecule has 1 aliphatic rings. The summed E-state index contributed by atoms with van der Waals surface area (Å²) >= 11 is 5.47. The highest BCUT2D eigenvalue weighted by molar-refractivity contribution is 6.17. The van der Waals surface area contributed by atoms with Crippen LogP contribution in [0.3, 0.4) is 0 Å². The highest BCUT2D eigenvalue weighted by atomic mass is 35.5. The summed E-state index contributed by atoms with van der Waals surface area (Å²) in [6.07, 6.45) is -0.330. The summed E-state index contributed by atoms with van der Waals surface area (Å²) in [4.78, 5) is 23.0. The average Bonchev–Trinajstić information content (AvgIpc) is 2.82. The van der Waals surface area contributed by atoms with Gasteiger partial charge in [0.05, 0.1) is 19.3 Å². The zero-order valence-corrected chi connectivity index (χ0v) is 11.8. The topological polar surface area (TPSA) is 51.2 Å². The number of hydrogen-bond acceptors (Lipinski definition) is 5. The fraction of sp³-hybridized carbons (Fsp3) is 0.364. The van der Waals surface area contributed by atoms with Gasteiger partial charge in [0.2, 0.25) is 0 Å². The lowest BCUT2D eigenvalue weighted by molar-refractivity contribution is -0.0512. The van der Waals surface area contributed by atoms with E-state index in [2.05, 4.69) is 0 Å². The van der Waals surface area contributed by atoms with Crippen molar-refractivity contribution in [3.8, 4) is 0 Å². The molecule has 1 aromatic carbocycles. The molecule has 0 atom stereocenters. The molecule has 2 rings (SSSR count). The number of carbonyl (C=O) groups excluding carboxylic acids is 1. The number of anilines is 2. The third-order valence-electron chi connectivity index (χ3n) is 2.46. The van der Waals surface area contributed by atoms with Crippen molar-refractivity contribution in [1.29, 1.82) is 0 Å². The molecule has 19 heavy (non-hydrogen) atoms. The van der Waals surface area contributed by atoms with E-state index < -0.39 is 0 Å². The van der Waals surface area contributed by atoms with Gasteiger partial charge in [0, 0.05) is 5.69 Å². The van der Waals surface area contributed by atoms with Crippen molar-refractivity contribution >= 4 is 41.5 Å². The smallest absolute Gasteiger partial charge is 0.414 e. The van der Waals surface area contributed by atoms with Gasteiger partial charge in [-0.2, -0.15) is 0 Å². The second kappa shape index (κ2) is 7.40. The van der Waals surface area contributed by atoms with E-state index in [-0.39, 0.29) is 24.6 Å². The SMILES string of the molecule is CON(OCCl)c1ccc(N2CCOC2=O)cc1.Cl. The molecule has 1 saturated heterocycles. The Morgan fingerprint density at radius 3 is 2.58 bits per heavy atom. The van der Waals surface area contributed by atoms with E-state index in [1.165, 1.54) is 12.3 Å². The molecular formula is C11H14Cl2N2O4. The molecule has 106 valence electrons. The van der Waals surface area contributed by atoms with Gasteiger partial charge in [-0.1, -0.05) is 11.6 Å². The van der Waals surface area contributed by atoms with Gasteiger partial charge in [-0.15, -0.1) is 17.6 Å². The largest absolute Gasteiger partial charge is 0.447 e. The number of rotatable bonds is 5. The van der Waals surface area contributed by atoms with Gasteiger partial charge in [0.25, 0.3) is 0 Å². The third-order valence-corrected chi connectivity index (χ3v) is 2.56. The maximum atomic E-state index is 11.4. The minimum absolute atomic E-state index is 0. The number of ether oxygens (including phenoxy) is 1. The fourth-order valence-electron chi connectivity index (χ4n) is 1.66. The first-order valence-corrected chi connectivity index (χ1v) is 5.87. The first-order valence-electron chi connectivity index (χ1n) is 5.33. The summed E-state index contributed by atoms with van der Waals surface area (Å²) in [5.41, 5.74) is 1.44. The molecule has 6 nitrogen and oxygen atoms in total. The van der Waals surface area contributed by atoms with Crippen LogP contribution in [0.1, 0.15) is 0 Å². The summed E-state index contributed by atoms with van der Waals surface area (Å²) in [7, 11) is 1.47. The van der Waals surface area contributed by atoms with Crippen LogP contribution in [0.2, 0.25) is 0 Å². The number of carbonyl (C=O) groups is 1. The minimum atomic E-state index is -0.330. The Kier molecular flexibility index (Phi) is 6.17. The molecule has 0 unspecified atom stereocenters. The predicted molar refractivity (Wildman–Crippen MR) is 73.7 cm³/mol.